The number of amides is 1. The summed E-state index contributed by atoms with van der Waals surface area (Å²) in [7, 11) is 1.81. The molecule has 0 N–H and O–H groups in total. The molecule has 3 rings (SSSR count). The summed E-state index contributed by atoms with van der Waals surface area (Å²) in [6.45, 7) is 0. The minimum absolute atomic E-state index is 0.00833. The number of fused-ring (bicyclic) bond motifs is 1. The molecule has 2 aromatic rings. The highest BCUT2D eigenvalue weighted by atomic mass is 79.9. The molecule has 1 aliphatic heterocycles. The van der Waals surface area contributed by atoms with Crippen molar-refractivity contribution in [3.05, 3.63) is 58.2 Å². The van der Waals surface area contributed by atoms with E-state index in [0.29, 0.717) is 0 Å². The zero-order valence-electron chi connectivity index (χ0n) is 11.2. The largest absolute Gasteiger partial charge is 0.299 e. The van der Waals surface area contributed by atoms with Gasteiger partial charge >= 0.3 is 0 Å². The van der Waals surface area contributed by atoms with Crippen molar-refractivity contribution in [2.24, 2.45) is 5.92 Å². The number of hydrogen-bond acceptors (Lipinski definition) is 2. The molecule has 20 heavy (non-hydrogen) atoms. The van der Waals surface area contributed by atoms with Gasteiger partial charge in [-0.3, -0.25) is 9.69 Å². The number of carbonyl (C=O) groups excluding carboxylic acids is 1. The van der Waals surface area contributed by atoms with Crippen molar-refractivity contribution < 1.29 is 4.79 Å². The third-order valence-electron chi connectivity index (χ3n) is 3.70. The minimum atomic E-state index is -0.00833. The van der Waals surface area contributed by atoms with Gasteiger partial charge in [0.25, 0.3) is 0 Å². The fourth-order valence-electron chi connectivity index (χ4n) is 2.73. The molecule has 3 nitrogen and oxygen atoms in total. The summed E-state index contributed by atoms with van der Waals surface area (Å²) in [6.07, 6.45) is 3.26. The van der Waals surface area contributed by atoms with Crippen LogP contribution in [0.2, 0.25) is 0 Å². The molecule has 102 valence electrons. The molecule has 1 aromatic heterocycles. The maximum Gasteiger partial charge on any atom is 0.231 e. The van der Waals surface area contributed by atoms with Gasteiger partial charge in [0.1, 0.15) is 5.82 Å². The minimum Gasteiger partial charge on any atom is -0.299 e. The van der Waals surface area contributed by atoms with E-state index in [0.717, 1.165) is 28.7 Å². The summed E-state index contributed by atoms with van der Waals surface area (Å²) in [6, 6.07) is 12.1. The lowest BCUT2D eigenvalue weighted by Crippen LogP contribution is -2.40. The van der Waals surface area contributed by atoms with E-state index < -0.39 is 0 Å². The standard InChI is InChI=1S/C16H15BrN2O/c1-19-15-12(5-3-7-18-15)10-13(16(19)20)8-11-4-2-6-14(17)9-11/h2-7,9,13H,8,10H2,1H3. The molecular formula is C16H15BrN2O. The molecular weight excluding hydrogens is 316 g/mol. The van der Waals surface area contributed by atoms with Crippen molar-refractivity contribution in [3.8, 4) is 0 Å². The van der Waals surface area contributed by atoms with E-state index in [4.69, 9.17) is 0 Å². The Balaban J connectivity index is 1.87. The van der Waals surface area contributed by atoms with Crippen LogP contribution in [0.15, 0.2) is 47.1 Å². The van der Waals surface area contributed by atoms with E-state index in [-0.39, 0.29) is 11.8 Å². The lowest BCUT2D eigenvalue weighted by Gasteiger charge is -2.30. The number of carbonyl (C=O) groups is 1. The highest BCUT2D eigenvalue weighted by molar-refractivity contribution is 9.10. The first-order valence-electron chi connectivity index (χ1n) is 6.61. The molecule has 0 bridgehead atoms. The lowest BCUT2D eigenvalue weighted by molar-refractivity contribution is -0.122. The molecule has 4 heteroatoms. The number of rotatable bonds is 2. The molecule has 1 unspecified atom stereocenters. The average molecular weight is 331 g/mol. The third-order valence-corrected chi connectivity index (χ3v) is 4.20. The van der Waals surface area contributed by atoms with Crippen molar-refractivity contribution in [3.63, 3.8) is 0 Å². The van der Waals surface area contributed by atoms with Crippen molar-refractivity contribution in [1.29, 1.82) is 0 Å². The van der Waals surface area contributed by atoms with Gasteiger partial charge < -0.3 is 0 Å². The van der Waals surface area contributed by atoms with Crippen LogP contribution in [0, 0.1) is 5.92 Å². The van der Waals surface area contributed by atoms with Crippen molar-refractivity contribution in [2.75, 3.05) is 11.9 Å². The second-order valence-corrected chi connectivity index (χ2v) is 6.03. The molecule has 0 radical (unpaired) electrons. The van der Waals surface area contributed by atoms with Crippen LogP contribution in [0.3, 0.4) is 0 Å². The van der Waals surface area contributed by atoms with E-state index in [2.05, 4.69) is 39.1 Å². The highest BCUT2D eigenvalue weighted by Gasteiger charge is 2.31. The maximum absolute atomic E-state index is 12.5. The molecule has 0 fully saturated rings. The van der Waals surface area contributed by atoms with Gasteiger partial charge in [-0.15, -0.1) is 0 Å². The monoisotopic (exact) mass is 330 g/mol. The fourth-order valence-corrected chi connectivity index (χ4v) is 3.18. The fraction of sp³-hybridized carbons (Fsp3) is 0.250. The molecule has 0 saturated carbocycles. The molecule has 0 spiro atoms. The first kappa shape index (κ1) is 13.3. The van der Waals surface area contributed by atoms with Gasteiger partial charge in [-0.1, -0.05) is 34.1 Å². The Hall–Kier alpha value is -1.68. The quantitative estimate of drug-likeness (QED) is 0.847. The van der Waals surface area contributed by atoms with Crippen molar-refractivity contribution >= 4 is 27.7 Å². The van der Waals surface area contributed by atoms with Crippen LogP contribution < -0.4 is 4.90 Å². The van der Waals surface area contributed by atoms with E-state index >= 15 is 0 Å². The normalized spacial score (nSPS) is 18.0. The third kappa shape index (κ3) is 2.48. The van der Waals surface area contributed by atoms with Gasteiger partial charge in [0.05, 0.1) is 0 Å². The van der Waals surface area contributed by atoms with Crippen LogP contribution in [0.4, 0.5) is 5.82 Å². The summed E-state index contributed by atoms with van der Waals surface area (Å²) in [5.74, 6) is 0.935. The highest BCUT2D eigenvalue weighted by Crippen LogP contribution is 2.29. The van der Waals surface area contributed by atoms with Gasteiger partial charge in [0.2, 0.25) is 5.91 Å². The molecule has 1 aliphatic rings. The summed E-state index contributed by atoms with van der Waals surface area (Å²) in [5, 5.41) is 0. The van der Waals surface area contributed by atoms with Crippen LogP contribution in [0.25, 0.3) is 0 Å². The number of anilines is 1. The lowest BCUT2D eigenvalue weighted by atomic mass is 9.89. The number of hydrogen-bond donors (Lipinski definition) is 0. The number of pyridine rings is 1. The van der Waals surface area contributed by atoms with Crippen molar-refractivity contribution in [2.45, 2.75) is 12.8 Å². The number of nitrogens with zero attached hydrogens (tertiary/aromatic N) is 2. The molecule has 1 amide bonds. The van der Waals surface area contributed by atoms with Crippen LogP contribution >= 0.6 is 15.9 Å². The van der Waals surface area contributed by atoms with E-state index in [1.54, 1.807) is 18.1 Å². The van der Waals surface area contributed by atoms with Gasteiger partial charge in [-0.25, -0.2) is 4.98 Å². The van der Waals surface area contributed by atoms with Crippen LogP contribution in [-0.4, -0.2) is 17.9 Å². The molecule has 0 saturated heterocycles. The van der Waals surface area contributed by atoms with Gasteiger partial charge in [0, 0.05) is 23.6 Å². The number of benzene rings is 1. The Kier molecular flexibility index (Phi) is 3.57. The Morgan fingerprint density at radius 2 is 2.20 bits per heavy atom. The van der Waals surface area contributed by atoms with Crippen molar-refractivity contribution in [1.82, 2.24) is 4.98 Å². The molecule has 1 aromatic carbocycles. The number of halogens is 1. The zero-order chi connectivity index (χ0) is 14.1. The Morgan fingerprint density at radius 3 is 3.00 bits per heavy atom. The SMILES string of the molecule is CN1C(=O)C(Cc2cccc(Br)c2)Cc2cccnc21. The van der Waals surface area contributed by atoms with Crippen LogP contribution in [-0.2, 0) is 17.6 Å². The maximum atomic E-state index is 12.5. The first-order valence-corrected chi connectivity index (χ1v) is 7.40. The van der Waals surface area contributed by atoms with Gasteiger partial charge in [0.15, 0.2) is 0 Å². The van der Waals surface area contributed by atoms with Crippen LogP contribution in [0.1, 0.15) is 11.1 Å². The summed E-state index contributed by atoms with van der Waals surface area (Å²) in [4.78, 5) is 18.4. The Morgan fingerprint density at radius 1 is 1.35 bits per heavy atom. The van der Waals surface area contributed by atoms with E-state index in [9.17, 15) is 4.79 Å². The predicted octanol–water partition coefficient (Wildman–Crippen LogP) is 3.22. The Labute approximate surface area is 126 Å². The molecule has 2 heterocycles. The van der Waals surface area contributed by atoms with Gasteiger partial charge in [-0.2, -0.15) is 0 Å². The Bertz CT molecular complexity index is 656. The zero-order valence-corrected chi connectivity index (χ0v) is 12.8. The summed E-state index contributed by atoms with van der Waals surface area (Å²) >= 11 is 3.47. The predicted molar refractivity (Wildman–Crippen MR) is 82.7 cm³/mol. The van der Waals surface area contributed by atoms with E-state index in [1.165, 1.54) is 5.56 Å². The summed E-state index contributed by atoms with van der Waals surface area (Å²) in [5.41, 5.74) is 2.33. The van der Waals surface area contributed by atoms with Crippen LogP contribution in [0.5, 0.6) is 0 Å². The molecule has 1 atom stereocenters. The molecule has 0 aliphatic carbocycles. The van der Waals surface area contributed by atoms with E-state index in [1.807, 2.05) is 18.2 Å². The van der Waals surface area contributed by atoms with Gasteiger partial charge in [-0.05, 0) is 42.2 Å². The second-order valence-electron chi connectivity index (χ2n) is 5.12. The topological polar surface area (TPSA) is 33.2 Å². The summed E-state index contributed by atoms with van der Waals surface area (Å²) < 4.78 is 1.05. The number of aromatic nitrogens is 1. The average Bonchev–Trinajstić information content (AvgIpc) is 2.45. The first-order chi connectivity index (χ1) is 9.65. The second kappa shape index (κ2) is 5.37. The smallest absolute Gasteiger partial charge is 0.231 e.